The summed E-state index contributed by atoms with van der Waals surface area (Å²) in [4.78, 5) is 24.7. The van der Waals surface area contributed by atoms with Crippen LogP contribution in [0.5, 0.6) is 5.75 Å². The van der Waals surface area contributed by atoms with Crippen molar-refractivity contribution in [3.63, 3.8) is 0 Å². The van der Waals surface area contributed by atoms with Gasteiger partial charge in [-0.3, -0.25) is 4.79 Å². The third-order valence-electron chi connectivity index (χ3n) is 5.37. The Bertz CT molecular complexity index is 812. The maximum atomic E-state index is 11.5. The van der Waals surface area contributed by atoms with Gasteiger partial charge in [0.2, 0.25) is 5.95 Å². The molecule has 0 N–H and O–H groups in total. The molecule has 3 rings (SSSR count). The van der Waals surface area contributed by atoms with E-state index in [0.717, 1.165) is 49.1 Å². The van der Waals surface area contributed by atoms with Gasteiger partial charge >= 0.3 is 5.97 Å². The highest BCUT2D eigenvalue weighted by atomic mass is 16.5. The molecule has 7 heteroatoms. The van der Waals surface area contributed by atoms with Gasteiger partial charge in [0.15, 0.2) is 0 Å². The van der Waals surface area contributed by atoms with Gasteiger partial charge < -0.3 is 19.3 Å². The molecule has 7 nitrogen and oxygen atoms in total. The van der Waals surface area contributed by atoms with Crippen molar-refractivity contribution < 1.29 is 14.3 Å². The number of aromatic nitrogens is 2. The maximum absolute atomic E-state index is 11.5. The molecule has 1 saturated heterocycles. The molecule has 0 bridgehead atoms. The quantitative estimate of drug-likeness (QED) is 0.632. The first-order valence-corrected chi connectivity index (χ1v) is 10.1. The fourth-order valence-corrected chi connectivity index (χ4v) is 3.39. The first-order valence-electron chi connectivity index (χ1n) is 10.1. The molecule has 0 spiro atoms. The minimum absolute atomic E-state index is 0.117. The zero-order valence-corrected chi connectivity index (χ0v) is 17.7. The molecule has 1 aliphatic heterocycles. The van der Waals surface area contributed by atoms with Crippen molar-refractivity contribution in [1.29, 1.82) is 0 Å². The summed E-state index contributed by atoms with van der Waals surface area (Å²) in [6.07, 6.45) is 3.26. The summed E-state index contributed by atoms with van der Waals surface area (Å²) in [6, 6.07) is 9.95. The van der Waals surface area contributed by atoms with Crippen LogP contribution >= 0.6 is 0 Å². The first-order chi connectivity index (χ1) is 14.0. The number of hydrogen-bond donors (Lipinski definition) is 0. The molecule has 0 aliphatic carbocycles. The molecule has 1 aliphatic rings. The van der Waals surface area contributed by atoms with E-state index in [1.54, 1.807) is 0 Å². The number of hydrogen-bond acceptors (Lipinski definition) is 7. The number of esters is 1. The van der Waals surface area contributed by atoms with Gasteiger partial charge in [-0.05, 0) is 36.6 Å². The van der Waals surface area contributed by atoms with Crippen LogP contribution in [0.1, 0.15) is 38.2 Å². The van der Waals surface area contributed by atoms with Crippen LogP contribution in [0.15, 0.2) is 36.5 Å². The van der Waals surface area contributed by atoms with Crippen LogP contribution in [0.3, 0.4) is 0 Å². The number of methoxy groups -OCH3 is 1. The van der Waals surface area contributed by atoms with Gasteiger partial charge in [0.1, 0.15) is 17.7 Å². The predicted octanol–water partition coefficient (Wildman–Crippen LogP) is 3.26. The number of carbonyl (C=O) groups excluding carboxylic acids is 1. The Morgan fingerprint density at radius 1 is 1.31 bits per heavy atom. The Balaban J connectivity index is 1.57. The second-order valence-corrected chi connectivity index (χ2v) is 7.45. The lowest BCUT2D eigenvalue weighted by atomic mass is 9.98. The van der Waals surface area contributed by atoms with Crippen LogP contribution in [0, 0.1) is 0 Å². The summed E-state index contributed by atoms with van der Waals surface area (Å²) in [7, 11) is 3.41. The average Bonchev–Trinajstić information content (AvgIpc) is 3.22. The van der Waals surface area contributed by atoms with Gasteiger partial charge in [-0.1, -0.05) is 19.1 Å². The van der Waals surface area contributed by atoms with Gasteiger partial charge in [-0.15, -0.1) is 0 Å². The van der Waals surface area contributed by atoms with E-state index < -0.39 is 0 Å². The third-order valence-corrected chi connectivity index (χ3v) is 5.37. The molecule has 0 radical (unpaired) electrons. The summed E-state index contributed by atoms with van der Waals surface area (Å²) in [5, 5.41) is 0. The number of benzene rings is 1. The van der Waals surface area contributed by atoms with Crippen LogP contribution in [-0.4, -0.2) is 55.8 Å². The molecule has 1 aromatic carbocycles. The van der Waals surface area contributed by atoms with E-state index in [2.05, 4.69) is 21.8 Å². The molecule has 2 atom stereocenters. The third kappa shape index (κ3) is 5.37. The highest BCUT2D eigenvalue weighted by Gasteiger charge is 2.25. The minimum Gasteiger partial charge on any atom is -0.489 e. The SMILES string of the molecule is CCN(C)c1nccc(N2CCC(Oc3ccc([C@H](C)CC(=O)OC)cc3)C2)n1. The van der Waals surface area contributed by atoms with Crippen molar-refractivity contribution in [2.75, 3.05) is 43.6 Å². The van der Waals surface area contributed by atoms with Crippen molar-refractivity contribution in [2.24, 2.45) is 0 Å². The van der Waals surface area contributed by atoms with Crippen LogP contribution in [-0.2, 0) is 9.53 Å². The molecule has 29 heavy (non-hydrogen) atoms. The summed E-state index contributed by atoms with van der Waals surface area (Å²) < 4.78 is 10.9. The summed E-state index contributed by atoms with van der Waals surface area (Å²) in [5.41, 5.74) is 1.10. The van der Waals surface area contributed by atoms with Crippen molar-refractivity contribution in [3.8, 4) is 5.75 Å². The molecule has 2 aromatic rings. The van der Waals surface area contributed by atoms with Gasteiger partial charge in [0.05, 0.1) is 20.1 Å². The van der Waals surface area contributed by atoms with Crippen molar-refractivity contribution >= 4 is 17.7 Å². The van der Waals surface area contributed by atoms with Crippen molar-refractivity contribution in [3.05, 3.63) is 42.1 Å². The number of nitrogens with zero attached hydrogens (tertiary/aromatic N) is 4. The van der Waals surface area contributed by atoms with E-state index >= 15 is 0 Å². The van der Waals surface area contributed by atoms with Crippen LogP contribution in [0.2, 0.25) is 0 Å². The van der Waals surface area contributed by atoms with Crippen LogP contribution in [0.25, 0.3) is 0 Å². The molecule has 0 saturated carbocycles. The Labute approximate surface area is 172 Å². The lowest BCUT2D eigenvalue weighted by Gasteiger charge is -2.20. The number of ether oxygens (including phenoxy) is 2. The summed E-state index contributed by atoms with van der Waals surface area (Å²) in [5.74, 6) is 2.45. The van der Waals surface area contributed by atoms with E-state index in [4.69, 9.17) is 9.47 Å². The van der Waals surface area contributed by atoms with E-state index in [1.165, 1.54) is 7.11 Å². The predicted molar refractivity (Wildman–Crippen MR) is 114 cm³/mol. The molecular weight excluding hydrogens is 368 g/mol. The standard InChI is InChI=1S/C22H30N4O3/c1-5-25(3)22-23-12-10-20(24-22)26-13-11-19(15-26)29-18-8-6-17(7-9-18)16(2)14-21(27)28-4/h6-10,12,16,19H,5,11,13-15H2,1-4H3/t16-,19?/m1/s1. The van der Waals surface area contributed by atoms with E-state index in [0.29, 0.717) is 6.42 Å². The number of anilines is 2. The van der Waals surface area contributed by atoms with Gasteiger partial charge in [-0.2, -0.15) is 4.98 Å². The monoisotopic (exact) mass is 398 g/mol. The Morgan fingerprint density at radius 2 is 2.07 bits per heavy atom. The summed E-state index contributed by atoms with van der Waals surface area (Å²) in [6.45, 7) is 6.67. The Kier molecular flexibility index (Phi) is 6.90. The Hall–Kier alpha value is -2.83. The van der Waals surface area contributed by atoms with E-state index in [-0.39, 0.29) is 18.0 Å². The average molecular weight is 399 g/mol. The normalized spacial score (nSPS) is 17.1. The zero-order valence-electron chi connectivity index (χ0n) is 17.7. The fourth-order valence-electron chi connectivity index (χ4n) is 3.39. The largest absolute Gasteiger partial charge is 0.489 e. The molecule has 2 heterocycles. The molecule has 156 valence electrons. The highest BCUT2D eigenvalue weighted by molar-refractivity contribution is 5.70. The first kappa shape index (κ1) is 20.9. The number of rotatable bonds is 8. The lowest BCUT2D eigenvalue weighted by molar-refractivity contribution is -0.140. The van der Waals surface area contributed by atoms with E-state index in [1.807, 2.05) is 55.4 Å². The van der Waals surface area contributed by atoms with Gasteiger partial charge in [0, 0.05) is 32.8 Å². The van der Waals surface area contributed by atoms with Gasteiger partial charge in [0.25, 0.3) is 0 Å². The maximum Gasteiger partial charge on any atom is 0.306 e. The second-order valence-electron chi connectivity index (χ2n) is 7.45. The highest BCUT2D eigenvalue weighted by Crippen LogP contribution is 2.26. The number of carbonyl (C=O) groups is 1. The minimum atomic E-state index is -0.193. The lowest BCUT2D eigenvalue weighted by Crippen LogP contribution is -2.26. The molecular formula is C22H30N4O3. The fraction of sp³-hybridized carbons (Fsp3) is 0.500. The topological polar surface area (TPSA) is 67.8 Å². The summed E-state index contributed by atoms with van der Waals surface area (Å²) >= 11 is 0. The van der Waals surface area contributed by atoms with Crippen molar-refractivity contribution in [1.82, 2.24) is 9.97 Å². The van der Waals surface area contributed by atoms with Crippen LogP contribution in [0.4, 0.5) is 11.8 Å². The molecule has 1 unspecified atom stereocenters. The van der Waals surface area contributed by atoms with Crippen LogP contribution < -0.4 is 14.5 Å². The molecule has 1 fully saturated rings. The Morgan fingerprint density at radius 3 is 2.76 bits per heavy atom. The smallest absolute Gasteiger partial charge is 0.306 e. The van der Waals surface area contributed by atoms with Crippen molar-refractivity contribution in [2.45, 2.75) is 38.7 Å². The second kappa shape index (κ2) is 9.58. The zero-order chi connectivity index (χ0) is 20.8. The van der Waals surface area contributed by atoms with E-state index in [9.17, 15) is 4.79 Å². The molecule has 1 aromatic heterocycles. The molecule has 0 amide bonds. The van der Waals surface area contributed by atoms with Gasteiger partial charge in [-0.25, -0.2) is 4.98 Å².